The summed E-state index contributed by atoms with van der Waals surface area (Å²) in [6, 6.07) is 6.85. The van der Waals surface area contributed by atoms with Gasteiger partial charge in [0.2, 0.25) is 10.0 Å². The minimum absolute atomic E-state index is 0.293. The minimum atomic E-state index is -3.37. The first-order valence-corrected chi connectivity index (χ1v) is 9.05. The number of nitrogens with one attached hydrogen (secondary N) is 2. The highest BCUT2D eigenvalue weighted by molar-refractivity contribution is 7.89. The minimum Gasteiger partial charge on any atom is -0.385 e. The van der Waals surface area contributed by atoms with Gasteiger partial charge in [-0.05, 0) is 49.6 Å². The molecule has 0 aliphatic carbocycles. The molecule has 0 fully saturated rings. The first-order valence-electron chi connectivity index (χ1n) is 7.57. The van der Waals surface area contributed by atoms with Gasteiger partial charge in [-0.3, -0.25) is 0 Å². The maximum Gasteiger partial charge on any atom is 0.240 e. The zero-order valence-electron chi connectivity index (χ0n) is 12.9. The monoisotopic (exact) mass is 313 g/mol. The second-order valence-corrected chi connectivity index (χ2v) is 6.91. The van der Waals surface area contributed by atoms with Gasteiger partial charge in [0.25, 0.3) is 0 Å². The Labute approximate surface area is 128 Å². The number of benzene rings is 1. The van der Waals surface area contributed by atoms with Crippen molar-refractivity contribution in [3.05, 3.63) is 24.3 Å². The number of nitrogens with two attached hydrogens (primary N) is 1. The Morgan fingerprint density at radius 3 is 2.33 bits per heavy atom. The number of hydrogen-bond acceptors (Lipinski definition) is 4. The molecule has 0 bridgehead atoms. The molecule has 0 heterocycles. The van der Waals surface area contributed by atoms with Crippen molar-refractivity contribution >= 4 is 15.7 Å². The van der Waals surface area contributed by atoms with Crippen LogP contribution in [-0.4, -0.2) is 28.1 Å². The SMILES string of the molecule is CCCC(CCN)CNc1ccc(S(=O)(=O)NCC)cc1. The molecule has 0 saturated heterocycles. The third-order valence-electron chi connectivity index (χ3n) is 3.37. The van der Waals surface area contributed by atoms with Gasteiger partial charge in [-0.15, -0.1) is 0 Å². The lowest BCUT2D eigenvalue weighted by Crippen LogP contribution is -2.23. The molecule has 1 unspecified atom stereocenters. The van der Waals surface area contributed by atoms with Crippen LogP contribution in [0.1, 0.15) is 33.1 Å². The molecule has 0 aliphatic heterocycles. The summed E-state index contributed by atoms with van der Waals surface area (Å²) in [5.41, 5.74) is 6.56. The van der Waals surface area contributed by atoms with Crippen LogP contribution >= 0.6 is 0 Å². The van der Waals surface area contributed by atoms with E-state index in [9.17, 15) is 8.42 Å². The smallest absolute Gasteiger partial charge is 0.240 e. The predicted octanol–water partition coefficient (Wildman–Crippen LogP) is 2.16. The fourth-order valence-corrected chi connectivity index (χ4v) is 3.32. The standard InChI is InChI=1S/C15H27N3O2S/c1-3-5-13(10-11-16)12-17-14-6-8-15(9-7-14)21(19,20)18-4-2/h6-9,13,17-18H,3-5,10-12,16H2,1-2H3. The van der Waals surface area contributed by atoms with Gasteiger partial charge in [-0.25, -0.2) is 13.1 Å². The van der Waals surface area contributed by atoms with Gasteiger partial charge in [-0.1, -0.05) is 20.3 Å². The third-order valence-corrected chi connectivity index (χ3v) is 4.93. The van der Waals surface area contributed by atoms with Gasteiger partial charge in [0.1, 0.15) is 0 Å². The lowest BCUT2D eigenvalue weighted by Gasteiger charge is -2.17. The second kappa shape index (κ2) is 9.02. The highest BCUT2D eigenvalue weighted by atomic mass is 32.2. The van der Waals surface area contributed by atoms with E-state index in [0.29, 0.717) is 23.9 Å². The molecule has 120 valence electrons. The van der Waals surface area contributed by atoms with Gasteiger partial charge >= 0.3 is 0 Å². The number of sulfonamides is 1. The van der Waals surface area contributed by atoms with Crippen LogP contribution in [0.3, 0.4) is 0 Å². The van der Waals surface area contributed by atoms with Crippen LogP contribution in [0, 0.1) is 5.92 Å². The maximum atomic E-state index is 11.8. The van der Waals surface area contributed by atoms with Gasteiger partial charge in [-0.2, -0.15) is 0 Å². The van der Waals surface area contributed by atoms with Crippen LogP contribution in [0.5, 0.6) is 0 Å². The van der Waals surface area contributed by atoms with E-state index in [4.69, 9.17) is 5.73 Å². The van der Waals surface area contributed by atoms with E-state index in [1.165, 1.54) is 0 Å². The maximum absolute atomic E-state index is 11.8. The Bertz CT molecular complexity index is 494. The van der Waals surface area contributed by atoms with Gasteiger partial charge in [0.05, 0.1) is 4.90 Å². The van der Waals surface area contributed by atoms with Crippen molar-refractivity contribution in [3.63, 3.8) is 0 Å². The quantitative estimate of drug-likeness (QED) is 0.618. The van der Waals surface area contributed by atoms with Crippen LogP contribution < -0.4 is 15.8 Å². The van der Waals surface area contributed by atoms with Crippen molar-refractivity contribution in [2.45, 2.75) is 38.0 Å². The fourth-order valence-electron chi connectivity index (χ4n) is 2.28. The average molecular weight is 313 g/mol. The molecule has 4 N–H and O–H groups in total. The molecule has 0 saturated carbocycles. The molecular weight excluding hydrogens is 286 g/mol. The lowest BCUT2D eigenvalue weighted by molar-refractivity contribution is 0.473. The molecule has 1 atom stereocenters. The summed E-state index contributed by atoms with van der Waals surface area (Å²) in [7, 11) is -3.37. The molecular formula is C15H27N3O2S. The molecule has 1 aromatic carbocycles. The van der Waals surface area contributed by atoms with Crippen LogP contribution in [0.4, 0.5) is 5.69 Å². The Balaban J connectivity index is 2.62. The van der Waals surface area contributed by atoms with Gasteiger partial charge in [0, 0.05) is 18.8 Å². The molecule has 0 amide bonds. The largest absolute Gasteiger partial charge is 0.385 e. The van der Waals surface area contributed by atoms with Crippen LogP contribution in [-0.2, 0) is 10.0 Å². The van der Waals surface area contributed by atoms with Crippen LogP contribution in [0.25, 0.3) is 0 Å². The van der Waals surface area contributed by atoms with Crippen LogP contribution in [0.15, 0.2) is 29.2 Å². The molecule has 0 aliphatic rings. The Morgan fingerprint density at radius 2 is 1.81 bits per heavy atom. The molecule has 6 heteroatoms. The zero-order valence-corrected chi connectivity index (χ0v) is 13.7. The molecule has 21 heavy (non-hydrogen) atoms. The van der Waals surface area contributed by atoms with Crippen molar-refractivity contribution in [1.82, 2.24) is 4.72 Å². The zero-order chi connectivity index (χ0) is 15.7. The Hall–Kier alpha value is -1.11. The van der Waals surface area contributed by atoms with Crippen molar-refractivity contribution in [1.29, 1.82) is 0 Å². The van der Waals surface area contributed by atoms with E-state index in [0.717, 1.165) is 31.5 Å². The summed E-state index contributed by atoms with van der Waals surface area (Å²) < 4.78 is 26.1. The Morgan fingerprint density at radius 1 is 1.14 bits per heavy atom. The summed E-state index contributed by atoms with van der Waals surface area (Å²) in [5.74, 6) is 0.560. The summed E-state index contributed by atoms with van der Waals surface area (Å²) in [6.45, 7) is 5.89. The molecule has 1 rings (SSSR count). The van der Waals surface area contributed by atoms with E-state index in [2.05, 4.69) is 17.0 Å². The first-order chi connectivity index (χ1) is 10.0. The number of hydrogen-bond donors (Lipinski definition) is 3. The normalized spacial score (nSPS) is 13.1. The third kappa shape index (κ3) is 6.03. The van der Waals surface area contributed by atoms with Crippen molar-refractivity contribution < 1.29 is 8.42 Å². The molecule has 1 aromatic rings. The summed E-state index contributed by atoms with van der Waals surface area (Å²) in [6.07, 6.45) is 3.30. The van der Waals surface area contributed by atoms with E-state index in [1.807, 2.05) is 0 Å². The average Bonchev–Trinajstić information content (AvgIpc) is 2.46. The topological polar surface area (TPSA) is 84.2 Å². The van der Waals surface area contributed by atoms with Crippen molar-refractivity contribution in [2.75, 3.05) is 25.0 Å². The number of rotatable bonds is 10. The van der Waals surface area contributed by atoms with Crippen molar-refractivity contribution in [2.24, 2.45) is 11.7 Å². The highest BCUT2D eigenvalue weighted by Crippen LogP contribution is 2.16. The van der Waals surface area contributed by atoms with Crippen LogP contribution in [0.2, 0.25) is 0 Å². The van der Waals surface area contributed by atoms with E-state index in [-0.39, 0.29) is 0 Å². The van der Waals surface area contributed by atoms with Crippen molar-refractivity contribution in [3.8, 4) is 0 Å². The molecule has 0 spiro atoms. The van der Waals surface area contributed by atoms with E-state index in [1.54, 1.807) is 31.2 Å². The van der Waals surface area contributed by atoms with E-state index < -0.39 is 10.0 Å². The summed E-state index contributed by atoms with van der Waals surface area (Å²) in [4.78, 5) is 0.293. The lowest BCUT2D eigenvalue weighted by atomic mass is 10.00. The molecule has 0 aromatic heterocycles. The fraction of sp³-hybridized carbons (Fsp3) is 0.600. The van der Waals surface area contributed by atoms with Gasteiger partial charge in [0.15, 0.2) is 0 Å². The second-order valence-electron chi connectivity index (χ2n) is 5.14. The first kappa shape index (κ1) is 17.9. The highest BCUT2D eigenvalue weighted by Gasteiger charge is 2.12. The molecule has 5 nitrogen and oxygen atoms in total. The Kier molecular flexibility index (Phi) is 7.71. The van der Waals surface area contributed by atoms with E-state index >= 15 is 0 Å². The molecule has 0 radical (unpaired) electrons. The predicted molar refractivity (Wildman–Crippen MR) is 87.9 cm³/mol. The summed E-state index contributed by atoms with van der Waals surface area (Å²) in [5, 5.41) is 3.35. The van der Waals surface area contributed by atoms with Gasteiger partial charge < -0.3 is 11.1 Å². The number of anilines is 1. The summed E-state index contributed by atoms with van der Waals surface area (Å²) >= 11 is 0.